The van der Waals surface area contributed by atoms with Crippen LogP contribution < -0.4 is 9.47 Å². The van der Waals surface area contributed by atoms with E-state index in [0.29, 0.717) is 24.5 Å². The number of aliphatic carboxylic acids is 1. The lowest BCUT2D eigenvalue weighted by molar-refractivity contribution is -0.136. The van der Waals surface area contributed by atoms with Crippen LogP contribution in [-0.2, 0) is 11.2 Å². The van der Waals surface area contributed by atoms with Gasteiger partial charge in [0.1, 0.15) is 15.2 Å². The molecular formula is C21H24INO4. The number of ether oxygens (including phenoxy) is 2. The van der Waals surface area contributed by atoms with Crippen LogP contribution in [0.3, 0.4) is 0 Å². The minimum atomic E-state index is -0.828. The number of aromatic nitrogens is 1. The molecule has 1 aromatic heterocycles. The van der Waals surface area contributed by atoms with Crippen molar-refractivity contribution in [3.8, 4) is 11.5 Å². The topological polar surface area (TPSA) is 68.7 Å². The minimum absolute atomic E-state index is 0.0552. The highest BCUT2D eigenvalue weighted by Gasteiger charge is 2.08. The molecule has 0 saturated carbocycles. The van der Waals surface area contributed by atoms with Crippen molar-refractivity contribution in [3.05, 3.63) is 57.4 Å². The second-order valence-electron chi connectivity index (χ2n) is 5.99. The van der Waals surface area contributed by atoms with E-state index in [1.807, 2.05) is 36.4 Å². The molecule has 0 atom stereocenters. The predicted molar refractivity (Wildman–Crippen MR) is 114 cm³/mol. The molecule has 1 aromatic carbocycles. The molecular weight excluding hydrogens is 457 g/mol. The van der Waals surface area contributed by atoms with Gasteiger partial charge in [-0.3, -0.25) is 4.79 Å². The van der Waals surface area contributed by atoms with Crippen LogP contribution >= 0.6 is 22.6 Å². The van der Waals surface area contributed by atoms with E-state index in [1.165, 1.54) is 0 Å². The Balaban J connectivity index is 1.71. The number of benzene rings is 1. The molecule has 0 radical (unpaired) electrons. The molecule has 0 aliphatic carbocycles. The summed E-state index contributed by atoms with van der Waals surface area (Å²) in [5.41, 5.74) is 1.86. The zero-order chi connectivity index (χ0) is 19.5. The summed E-state index contributed by atoms with van der Waals surface area (Å²) in [6.07, 6.45) is 7.63. The van der Waals surface area contributed by atoms with Crippen molar-refractivity contribution in [1.29, 1.82) is 0 Å². The van der Waals surface area contributed by atoms with Crippen LogP contribution in [0, 0.1) is 3.70 Å². The van der Waals surface area contributed by atoms with E-state index in [-0.39, 0.29) is 6.42 Å². The van der Waals surface area contributed by atoms with E-state index in [1.54, 1.807) is 7.11 Å². The molecule has 1 heterocycles. The Labute approximate surface area is 173 Å². The number of allylic oxidation sites excluding steroid dienone is 1. The van der Waals surface area contributed by atoms with Gasteiger partial charge in [-0.25, -0.2) is 4.98 Å². The molecule has 0 aliphatic rings. The molecule has 0 spiro atoms. The van der Waals surface area contributed by atoms with Crippen molar-refractivity contribution >= 4 is 34.6 Å². The molecule has 0 amide bonds. The Kier molecular flexibility index (Phi) is 9.10. The lowest BCUT2D eigenvalue weighted by atomic mass is 10.1. The number of rotatable bonds is 11. The Hall–Kier alpha value is -2.09. The van der Waals surface area contributed by atoms with Gasteiger partial charge < -0.3 is 14.6 Å². The van der Waals surface area contributed by atoms with Gasteiger partial charge in [0, 0.05) is 6.42 Å². The van der Waals surface area contributed by atoms with Gasteiger partial charge in [0.25, 0.3) is 0 Å². The molecule has 2 rings (SSSR count). The zero-order valence-corrected chi connectivity index (χ0v) is 17.5. The summed E-state index contributed by atoms with van der Waals surface area (Å²) in [4.78, 5) is 15.2. The van der Waals surface area contributed by atoms with Gasteiger partial charge in [0.05, 0.1) is 25.8 Å². The SMILES string of the molecule is COc1ccc(C=CCCCCOc2ccc(I)nc2CCC(=O)O)cc1. The predicted octanol–water partition coefficient (Wildman–Crippen LogP) is 4.97. The number of nitrogens with zero attached hydrogens (tertiary/aromatic N) is 1. The smallest absolute Gasteiger partial charge is 0.303 e. The summed E-state index contributed by atoms with van der Waals surface area (Å²) in [7, 11) is 1.66. The number of unbranched alkanes of at least 4 members (excludes halogenated alkanes) is 2. The Morgan fingerprint density at radius 3 is 2.67 bits per heavy atom. The standard InChI is InChI=1S/C21H24INO4/c1-26-17-9-7-16(8-10-17)6-4-2-3-5-15-27-19-12-13-20(22)23-18(19)11-14-21(24)25/h4,6-10,12-13H,2-3,5,11,14-15H2,1H3,(H,24,25). The average molecular weight is 481 g/mol. The lowest BCUT2D eigenvalue weighted by Crippen LogP contribution is -2.05. The first kappa shape index (κ1) is 21.2. The number of carboxylic acids is 1. The van der Waals surface area contributed by atoms with Crippen LogP contribution in [0.25, 0.3) is 6.08 Å². The van der Waals surface area contributed by atoms with E-state index in [0.717, 1.165) is 34.3 Å². The van der Waals surface area contributed by atoms with Gasteiger partial charge >= 0.3 is 5.97 Å². The van der Waals surface area contributed by atoms with Crippen molar-refractivity contribution in [1.82, 2.24) is 4.98 Å². The fourth-order valence-corrected chi connectivity index (χ4v) is 2.95. The van der Waals surface area contributed by atoms with Crippen molar-refractivity contribution in [3.63, 3.8) is 0 Å². The highest BCUT2D eigenvalue weighted by atomic mass is 127. The lowest BCUT2D eigenvalue weighted by Gasteiger charge is -2.10. The maximum Gasteiger partial charge on any atom is 0.303 e. The molecule has 0 unspecified atom stereocenters. The van der Waals surface area contributed by atoms with E-state index in [4.69, 9.17) is 14.6 Å². The van der Waals surface area contributed by atoms with Gasteiger partial charge in [-0.1, -0.05) is 24.3 Å². The maximum atomic E-state index is 10.8. The summed E-state index contributed by atoms with van der Waals surface area (Å²) in [6.45, 7) is 0.596. The van der Waals surface area contributed by atoms with E-state index in [2.05, 4.69) is 39.7 Å². The molecule has 27 heavy (non-hydrogen) atoms. The molecule has 1 N–H and O–H groups in total. The third kappa shape index (κ3) is 7.99. The second-order valence-corrected chi connectivity index (χ2v) is 7.10. The fraction of sp³-hybridized carbons (Fsp3) is 0.333. The first-order valence-electron chi connectivity index (χ1n) is 8.89. The van der Waals surface area contributed by atoms with E-state index in [9.17, 15) is 4.79 Å². The number of hydrogen-bond acceptors (Lipinski definition) is 4. The third-order valence-corrected chi connectivity index (χ3v) is 4.52. The Bertz CT molecular complexity index is 759. The highest BCUT2D eigenvalue weighted by Crippen LogP contribution is 2.20. The van der Waals surface area contributed by atoms with Crippen molar-refractivity contribution < 1.29 is 19.4 Å². The number of hydrogen-bond donors (Lipinski definition) is 1. The number of pyridine rings is 1. The molecule has 2 aromatic rings. The normalized spacial score (nSPS) is 10.9. The molecule has 0 fully saturated rings. The third-order valence-electron chi connectivity index (χ3n) is 3.92. The summed E-state index contributed by atoms with van der Waals surface area (Å²) < 4.78 is 11.8. The number of halogens is 1. The maximum absolute atomic E-state index is 10.8. The first-order valence-corrected chi connectivity index (χ1v) is 9.97. The molecule has 0 aliphatic heterocycles. The fourth-order valence-electron chi connectivity index (χ4n) is 2.48. The van der Waals surface area contributed by atoms with E-state index >= 15 is 0 Å². The van der Waals surface area contributed by atoms with Crippen LogP contribution in [0.2, 0.25) is 0 Å². The first-order chi connectivity index (χ1) is 13.1. The summed E-state index contributed by atoms with van der Waals surface area (Å²) in [5, 5.41) is 8.86. The average Bonchev–Trinajstić information content (AvgIpc) is 2.67. The Morgan fingerprint density at radius 1 is 1.19 bits per heavy atom. The summed E-state index contributed by atoms with van der Waals surface area (Å²) in [6, 6.07) is 11.7. The van der Waals surface area contributed by atoms with Gasteiger partial charge in [0.2, 0.25) is 0 Å². The number of carbonyl (C=O) groups is 1. The molecule has 5 nitrogen and oxygen atoms in total. The summed E-state index contributed by atoms with van der Waals surface area (Å²) >= 11 is 2.12. The second kappa shape index (κ2) is 11.6. The zero-order valence-electron chi connectivity index (χ0n) is 15.4. The molecule has 6 heteroatoms. The summed E-state index contributed by atoms with van der Waals surface area (Å²) in [5.74, 6) is 0.716. The van der Waals surface area contributed by atoms with Crippen LogP contribution in [0.4, 0.5) is 0 Å². The highest BCUT2D eigenvalue weighted by molar-refractivity contribution is 14.1. The monoisotopic (exact) mass is 481 g/mol. The van der Waals surface area contributed by atoms with Gasteiger partial charge in [-0.05, 0) is 71.7 Å². The Morgan fingerprint density at radius 2 is 1.96 bits per heavy atom. The molecule has 0 bridgehead atoms. The minimum Gasteiger partial charge on any atom is -0.497 e. The molecule has 144 valence electrons. The van der Waals surface area contributed by atoms with Crippen LogP contribution in [-0.4, -0.2) is 29.8 Å². The van der Waals surface area contributed by atoms with Crippen molar-refractivity contribution in [2.24, 2.45) is 0 Å². The van der Waals surface area contributed by atoms with E-state index < -0.39 is 5.97 Å². The van der Waals surface area contributed by atoms with Gasteiger partial charge in [-0.15, -0.1) is 0 Å². The number of carboxylic acid groups (broad SMARTS) is 1. The van der Waals surface area contributed by atoms with Crippen molar-refractivity contribution in [2.75, 3.05) is 13.7 Å². The van der Waals surface area contributed by atoms with Gasteiger partial charge in [-0.2, -0.15) is 0 Å². The van der Waals surface area contributed by atoms with Gasteiger partial charge in [0.15, 0.2) is 0 Å². The largest absolute Gasteiger partial charge is 0.497 e. The quantitative estimate of drug-likeness (QED) is 0.279. The van der Waals surface area contributed by atoms with Crippen LogP contribution in [0.1, 0.15) is 36.9 Å². The van der Waals surface area contributed by atoms with Crippen LogP contribution in [0.15, 0.2) is 42.5 Å². The molecule has 0 saturated heterocycles. The number of aryl methyl sites for hydroxylation is 1. The number of methoxy groups -OCH3 is 1. The van der Waals surface area contributed by atoms with Crippen LogP contribution in [0.5, 0.6) is 11.5 Å². The van der Waals surface area contributed by atoms with Crippen molar-refractivity contribution in [2.45, 2.75) is 32.1 Å².